The minimum absolute atomic E-state index is 0.175. The molecule has 0 unspecified atom stereocenters. The molecule has 0 amide bonds. The second kappa shape index (κ2) is 4.04. The Bertz CT molecular complexity index is 310. The molecule has 0 spiro atoms. The quantitative estimate of drug-likeness (QED) is 0.562. The first kappa shape index (κ1) is 11.1. The molecule has 1 heterocycles. The van der Waals surface area contributed by atoms with Gasteiger partial charge >= 0.3 is 0 Å². The first-order chi connectivity index (χ1) is 5.97. The van der Waals surface area contributed by atoms with Crippen molar-refractivity contribution in [3.63, 3.8) is 0 Å². The molecule has 0 radical (unpaired) electrons. The number of pyridine rings is 1. The summed E-state index contributed by atoms with van der Waals surface area (Å²) in [5.41, 5.74) is 0.759. The molecule has 0 aliphatic rings. The summed E-state index contributed by atoms with van der Waals surface area (Å²) < 4.78 is 0. The summed E-state index contributed by atoms with van der Waals surface area (Å²) in [6, 6.07) is 1.76. The molecule has 4 heteroatoms. The van der Waals surface area contributed by atoms with Gasteiger partial charge in [-0.25, -0.2) is 4.98 Å². The Morgan fingerprint density at radius 3 is 2.54 bits per heavy atom. The maximum atomic E-state index is 5.98. The van der Waals surface area contributed by atoms with Crippen LogP contribution in [0.15, 0.2) is 12.3 Å². The first-order valence-corrected chi connectivity index (χ1v) is 5.14. The molecule has 13 heavy (non-hydrogen) atoms. The number of halogens is 3. The van der Waals surface area contributed by atoms with Gasteiger partial charge in [-0.3, -0.25) is 0 Å². The van der Waals surface area contributed by atoms with Crippen molar-refractivity contribution in [2.45, 2.75) is 19.3 Å². The molecule has 0 aliphatic carbocycles. The van der Waals surface area contributed by atoms with Crippen LogP contribution in [0.2, 0.25) is 10.2 Å². The van der Waals surface area contributed by atoms with Crippen molar-refractivity contribution in [3.8, 4) is 0 Å². The van der Waals surface area contributed by atoms with Gasteiger partial charge in [0.05, 0.1) is 5.02 Å². The first-order valence-electron chi connectivity index (χ1n) is 3.85. The monoisotopic (exact) mass is 237 g/mol. The lowest BCUT2D eigenvalue weighted by Crippen LogP contribution is -2.19. The number of rotatable bonds is 2. The number of aromatic nitrogens is 1. The lowest BCUT2D eigenvalue weighted by Gasteiger charge is -2.23. The Labute approximate surface area is 93.0 Å². The van der Waals surface area contributed by atoms with Crippen LogP contribution in [0.4, 0.5) is 0 Å². The molecule has 0 fully saturated rings. The van der Waals surface area contributed by atoms with E-state index in [-0.39, 0.29) is 5.41 Å². The standard InChI is InChI=1S/C9H10Cl3N/c1-9(2,5-10)6-3-8(12)13-4-7(6)11/h3-4H,5H2,1-2H3. The van der Waals surface area contributed by atoms with E-state index in [9.17, 15) is 0 Å². The van der Waals surface area contributed by atoms with Crippen LogP contribution in [0.5, 0.6) is 0 Å². The topological polar surface area (TPSA) is 12.9 Å². The van der Waals surface area contributed by atoms with Crippen LogP contribution in [0.3, 0.4) is 0 Å². The van der Waals surface area contributed by atoms with Gasteiger partial charge < -0.3 is 0 Å². The summed E-state index contributed by atoms with van der Waals surface area (Å²) >= 11 is 17.6. The Kier molecular flexibility index (Phi) is 3.44. The van der Waals surface area contributed by atoms with Gasteiger partial charge in [-0.1, -0.05) is 37.0 Å². The van der Waals surface area contributed by atoms with Gasteiger partial charge in [-0.2, -0.15) is 0 Å². The van der Waals surface area contributed by atoms with Crippen LogP contribution in [-0.2, 0) is 5.41 Å². The van der Waals surface area contributed by atoms with E-state index in [1.54, 1.807) is 12.3 Å². The van der Waals surface area contributed by atoms with E-state index in [4.69, 9.17) is 34.8 Å². The van der Waals surface area contributed by atoms with Crippen LogP contribution >= 0.6 is 34.8 Å². The van der Waals surface area contributed by atoms with Gasteiger partial charge in [-0.15, -0.1) is 11.6 Å². The van der Waals surface area contributed by atoms with Crippen LogP contribution < -0.4 is 0 Å². The van der Waals surface area contributed by atoms with Gasteiger partial charge in [0.25, 0.3) is 0 Å². The smallest absolute Gasteiger partial charge is 0.129 e. The third-order valence-electron chi connectivity index (χ3n) is 1.89. The minimum atomic E-state index is -0.175. The fourth-order valence-corrected chi connectivity index (χ4v) is 1.66. The Morgan fingerprint density at radius 2 is 2.00 bits per heavy atom. The minimum Gasteiger partial charge on any atom is -0.243 e. The van der Waals surface area contributed by atoms with Crippen LogP contribution in [-0.4, -0.2) is 10.9 Å². The molecule has 0 aliphatic heterocycles. The van der Waals surface area contributed by atoms with E-state index in [0.717, 1.165) is 5.56 Å². The average molecular weight is 239 g/mol. The van der Waals surface area contributed by atoms with Crippen LogP contribution in [0.1, 0.15) is 19.4 Å². The Balaban J connectivity index is 3.20. The molecule has 1 aromatic rings. The normalized spacial score (nSPS) is 11.8. The van der Waals surface area contributed by atoms with Crippen molar-refractivity contribution in [1.29, 1.82) is 0 Å². The van der Waals surface area contributed by atoms with Crippen molar-refractivity contribution in [1.82, 2.24) is 4.98 Å². The molecule has 1 nitrogen and oxygen atoms in total. The van der Waals surface area contributed by atoms with Gasteiger partial charge in [0.2, 0.25) is 0 Å². The van der Waals surface area contributed by atoms with Gasteiger partial charge in [0.15, 0.2) is 0 Å². The highest BCUT2D eigenvalue weighted by molar-refractivity contribution is 6.33. The number of nitrogens with zero attached hydrogens (tertiary/aromatic N) is 1. The molecule has 0 saturated heterocycles. The maximum absolute atomic E-state index is 5.98. The van der Waals surface area contributed by atoms with Crippen molar-refractivity contribution in [2.75, 3.05) is 5.88 Å². The molecule has 0 bridgehead atoms. The van der Waals surface area contributed by atoms with Crippen molar-refractivity contribution < 1.29 is 0 Å². The molecule has 1 rings (SSSR count). The SMILES string of the molecule is CC(C)(CCl)c1cc(Cl)ncc1Cl. The molecule has 0 atom stereocenters. The van der Waals surface area contributed by atoms with Crippen LogP contribution in [0.25, 0.3) is 0 Å². The molecule has 0 aromatic carbocycles. The van der Waals surface area contributed by atoms with Crippen molar-refractivity contribution in [3.05, 3.63) is 28.0 Å². The lowest BCUT2D eigenvalue weighted by molar-refractivity contribution is 0.597. The summed E-state index contributed by atoms with van der Waals surface area (Å²) in [5, 5.41) is 1.05. The molecule has 0 N–H and O–H groups in total. The van der Waals surface area contributed by atoms with Crippen molar-refractivity contribution in [2.24, 2.45) is 0 Å². The number of alkyl halides is 1. The zero-order valence-corrected chi connectivity index (χ0v) is 9.71. The van der Waals surface area contributed by atoms with E-state index < -0.39 is 0 Å². The van der Waals surface area contributed by atoms with Crippen molar-refractivity contribution >= 4 is 34.8 Å². The molecule has 1 aromatic heterocycles. The Morgan fingerprint density at radius 1 is 1.38 bits per heavy atom. The summed E-state index contributed by atoms with van der Waals surface area (Å²) in [5.74, 6) is 0.493. The van der Waals surface area contributed by atoms with Crippen LogP contribution in [0, 0.1) is 0 Å². The van der Waals surface area contributed by atoms with E-state index in [0.29, 0.717) is 16.1 Å². The third kappa shape index (κ3) is 2.49. The summed E-state index contributed by atoms with van der Waals surface area (Å²) in [7, 11) is 0. The Hall–Kier alpha value is 0.0200. The zero-order valence-electron chi connectivity index (χ0n) is 7.44. The predicted octanol–water partition coefficient (Wildman–Crippen LogP) is 3.90. The molecule has 0 saturated carbocycles. The summed E-state index contributed by atoms with van der Waals surface area (Å²) in [6.45, 7) is 4.02. The fraction of sp³-hybridized carbons (Fsp3) is 0.444. The molecule has 72 valence electrons. The number of hydrogen-bond donors (Lipinski definition) is 0. The fourth-order valence-electron chi connectivity index (χ4n) is 1.00. The van der Waals surface area contributed by atoms with Gasteiger partial charge in [-0.05, 0) is 11.6 Å². The van der Waals surface area contributed by atoms with E-state index in [2.05, 4.69) is 4.98 Å². The second-order valence-corrected chi connectivity index (χ2v) is 4.57. The third-order valence-corrected chi connectivity index (χ3v) is 3.06. The number of hydrogen-bond acceptors (Lipinski definition) is 1. The van der Waals surface area contributed by atoms with Gasteiger partial charge in [0.1, 0.15) is 5.15 Å². The van der Waals surface area contributed by atoms with Gasteiger partial charge in [0, 0.05) is 17.5 Å². The predicted molar refractivity (Wildman–Crippen MR) is 58.0 cm³/mol. The average Bonchev–Trinajstić information content (AvgIpc) is 2.09. The van der Waals surface area contributed by atoms with E-state index in [1.807, 2.05) is 13.8 Å². The van der Waals surface area contributed by atoms with E-state index >= 15 is 0 Å². The highest BCUT2D eigenvalue weighted by Gasteiger charge is 2.22. The summed E-state index contributed by atoms with van der Waals surface area (Å²) in [4.78, 5) is 3.88. The second-order valence-electron chi connectivity index (χ2n) is 3.50. The van der Waals surface area contributed by atoms with E-state index in [1.165, 1.54) is 0 Å². The lowest BCUT2D eigenvalue weighted by atomic mass is 9.87. The highest BCUT2D eigenvalue weighted by Crippen LogP contribution is 2.31. The largest absolute Gasteiger partial charge is 0.243 e. The molecular formula is C9H10Cl3N. The maximum Gasteiger partial charge on any atom is 0.129 e. The summed E-state index contributed by atoms with van der Waals surface area (Å²) in [6.07, 6.45) is 1.55. The zero-order chi connectivity index (χ0) is 10.1. The molecular weight excluding hydrogens is 228 g/mol. The highest BCUT2D eigenvalue weighted by atomic mass is 35.5.